The molecule has 1 atom stereocenters. The van der Waals surface area contributed by atoms with Crippen molar-refractivity contribution >= 4 is 23.3 Å². The third-order valence-corrected chi connectivity index (χ3v) is 3.25. The van der Waals surface area contributed by atoms with Crippen LogP contribution in [0.25, 0.3) is 0 Å². The Labute approximate surface area is 130 Å². The van der Waals surface area contributed by atoms with Gasteiger partial charge < -0.3 is 10.1 Å². The van der Waals surface area contributed by atoms with Crippen LogP contribution in [0.15, 0.2) is 18.2 Å². The first kappa shape index (κ1) is 17.5. The molecule has 0 saturated heterocycles. The molecule has 0 saturated carbocycles. The van der Waals surface area contributed by atoms with Crippen molar-refractivity contribution in [1.29, 1.82) is 0 Å². The Morgan fingerprint density at radius 3 is 2.52 bits per heavy atom. The summed E-state index contributed by atoms with van der Waals surface area (Å²) >= 11 is 5.87. The quantitative estimate of drug-likeness (QED) is 0.784. The molecule has 0 aromatic heterocycles. The van der Waals surface area contributed by atoms with Crippen molar-refractivity contribution in [1.82, 2.24) is 5.32 Å². The van der Waals surface area contributed by atoms with E-state index in [0.29, 0.717) is 28.8 Å². The summed E-state index contributed by atoms with van der Waals surface area (Å²) in [5, 5.41) is 3.28. The number of amides is 1. The number of nitrogens with one attached hydrogen (secondary N) is 1. The summed E-state index contributed by atoms with van der Waals surface area (Å²) in [5.74, 6) is 0.556. The van der Waals surface area contributed by atoms with E-state index in [-0.39, 0.29) is 11.7 Å². The van der Waals surface area contributed by atoms with Crippen molar-refractivity contribution in [3.05, 3.63) is 28.8 Å². The van der Waals surface area contributed by atoms with Gasteiger partial charge in [-0.2, -0.15) is 0 Å². The lowest BCUT2D eigenvalue weighted by Crippen LogP contribution is -2.37. The fourth-order valence-electron chi connectivity index (χ4n) is 1.75. The van der Waals surface area contributed by atoms with Gasteiger partial charge >= 0.3 is 0 Å². The molecular formula is C16H22ClNO3. The largest absolute Gasteiger partial charge is 0.480 e. The average molecular weight is 312 g/mol. The monoisotopic (exact) mass is 311 g/mol. The summed E-state index contributed by atoms with van der Waals surface area (Å²) in [6.07, 6.45) is 0.245. The highest BCUT2D eigenvalue weighted by atomic mass is 35.5. The lowest BCUT2D eigenvalue weighted by molar-refractivity contribution is -0.127. The van der Waals surface area contributed by atoms with Gasteiger partial charge in [0.2, 0.25) is 0 Å². The molecule has 1 unspecified atom stereocenters. The number of rotatable bonds is 7. The summed E-state index contributed by atoms with van der Waals surface area (Å²) in [6.45, 7) is 7.90. The molecule has 1 rings (SSSR count). The highest BCUT2D eigenvalue weighted by molar-refractivity contribution is 6.31. The molecule has 1 N–H and O–H groups in total. The number of carbonyl (C=O) groups is 2. The van der Waals surface area contributed by atoms with Gasteiger partial charge in [0.25, 0.3) is 5.91 Å². The van der Waals surface area contributed by atoms with Gasteiger partial charge in [-0.05, 0) is 44.4 Å². The number of hydrogen-bond acceptors (Lipinski definition) is 3. The maximum atomic E-state index is 11.9. The third-order valence-electron chi connectivity index (χ3n) is 3.01. The Hall–Kier alpha value is -1.55. The maximum Gasteiger partial charge on any atom is 0.260 e. The topological polar surface area (TPSA) is 55.4 Å². The number of benzene rings is 1. The molecule has 0 aliphatic rings. The van der Waals surface area contributed by atoms with Crippen LogP contribution in [0, 0.1) is 5.92 Å². The van der Waals surface area contributed by atoms with E-state index in [9.17, 15) is 9.59 Å². The first-order valence-electron chi connectivity index (χ1n) is 7.06. The first-order valence-corrected chi connectivity index (χ1v) is 7.44. The number of carbonyl (C=O) groups excluding carboxylic acids is 2. The lowest BCUT2D eigenvalue weighted by Gasteiger charge is -2.17. The van der Waals surface area contributed by atoms with Crippen LogP contribution >= 0.6 is 11.6 Å². The van der Waals surface area contributed by atoms with E-state index < -0.39 is 6.10 Å². The zero-order valence-electron chi connectivity index (χ0n) is 12.9. The summed E-state index contributed by atoms with van der Waals surface area (Å²) in [7, 11) is 0. The van der Waals surface area contributed by atoms with Gasteiger partial charge in [-0.25, -0.2) is 0 Å². The van der Waals surface area contributed by atoms with E-state index in [2.05, 4.69) is 19.2 Å². The summed E-state index contributed by atoms with van der Waals surface area (Å²) in [6, 6.07) is 4.78. The van der Waals surface area contributed by atoms with Gasteiger partial charge in [0.1, 0.15) is 5.75 Å². The molecule has 1 aromatic carbocycles. The lowest BCUT2D eigenvalue weighted by atomic mass is 10.1. The predicted molar refractivity (Wildman–Crippen MR) is 84.0 cm³/mol. The van der Waals surface area contributed by atoms with Crippen LogP contribution in [0.4, 0.5) is 0 Å². The van der Waals surface area contributed by atoms with Gasteiger partial charge in [0.05, 0.1) is 5.56 Å². The fourth-order valence-corrected chi connectivity index (χ4v) is 1.92. The smallest absolute Gasteiger partial charge is 0.260 e. The number of hydrogen-bond donors (Lipinski definition) is 1. The highest BCUT2D eigenvalue weighted by Gasteiger charge is 2.17. The standard InChI is InChI=1S/C16H22ClNO3/c1-10(2)7-8-18-16(20)12(4)21-15-6-5-13(17)9-14(15)11(3)19/h5-6,9-10,12H,7-8H2,1-4H3,(H,18,20). The molecule has 1 amide bonds. The van der Waals surface area contributed by atoms with E-state index in [4.69, 9.17) is 16.3 Å². The van der Waals surface area contributed by atoms with E-state index in [0.717, 1.165) is 6.42 Å². The van der Waals surface area contributed by atoms with E-state index in [1.54, 1.807) is 25.1 Å². The molecule has 0 spiro atoms. The van der Waals surface area contributed by atoms with Crippen LogP contribution in [0.3, 0.4) is 0 Å². The molecule has 1 aromatic rings. The molecule has 0 aliphatic carbocycles. The van der Waals surface area contributed by atoms with Crippen LogP contribution in [0.5, 0.6) is 5.75 Å². The van der Waals surface area contributed by atoms with E-state index in [1.165, 1.54) is 6.92 Å². The maximum absolute atomic E-state index is 11.9. The Bertz CT molecular complexity index is 514. The van der Waals surface area contributed by atoms with E-state index >= 15 is 0 Å². The van der Waals surface area contributed by atoms with Crippen molar-refractivity contribution in [3.63, 3.8) is 0 Å². The zero-order valence-corrected chi connectivity index (χ0v) is 13.7. The van der Waals surface area contributed by atoms with Crippen LogP contribution < -0.4 is 10.1 Å². The zero-order chi connectivity index (χ0) is 16.0. The SMILES string of the molecule is CC(=O)c1cc(Cl)ccc1OC(C)C(=O)NCCC(C)C. The molecule has 0 radical (unpaired) electrons. The predicted octanol–water partition coefficient (Wildman–Crippen LogP) is 3.47. The van der Waals surface area contributed by atoms with Crippen LogP contribution in [-0.2, 0) is 4.79 Å². The second-order valence-electron chi connectivity index (χ2n) is 5.43. The average Bonchev–Trinajstić information content (AvgIpc) is 2.39. The Morgan fingerprint density at radius 2 is 1.95 bits per heavy atom. The first-order chi connectivity index (χ1) is 9.81. The van der Waals surface area contributed by atoms with Crippen molar-refractivity contribution < 1.29 is 14.3 Å². The van der Waals surface area contributed by atoms with Crippen molar-refractivity contribution in [2.45, 2.75) is 40.2 Å². The van der Waals surface area contributed by atoms with E-state index in [1.807, 2.05) is 0 Å². The van der Waals surface area contributed by atoms with Gasteiger partial charge in [0.15, 0.2) is 11.9 Å². The molecule has 0 heterocycles. The molecule has 0 aliphatic heterocycles. The van der Waals surface area contributed by atoms with Crippen molar-refractivity contribution in [3.8, 4) is 5.75 Å². The molecule has 0 bridgehead atoms. The molecular weight excluding hydrogens is 290 g/mol. The van der Waals surface area contributed by atoms with Gasteiger partial charge in [-0.1, -0.05) is 25.4 Å². The highest BCUT2D eigenvalue weighted by Crippen LogP contribution is 2.24. The second kappa shape index (κ2) is 8.03. The number of halogens is 1. The fraction of sp³-hybridized carbons (Fsp3) is 0.500. The molecule has 116 valence electrons. The van der Waals surface area contributed by atoms with Gasteiger partial charge in [0, 0.05) is 11.6 Å². The van der Waals surface area contributed by atoms with Gasteiger partial charge in [-0.15, -0.1) is 0 Å². The summed E-state index contributed by atoms with van der Waals surface area (Å²) in [4.78, 5) is 23.5. The molecule has 5 heteroatoms. The van der Waals surface area contributed by atoms with Crippen LogP contribution in [0.2, 0.25) is 5.02 Å². The second-order valence-corrected chi connectivity index (χ2v) is 5.87. The van der Waals surface area contributed by atoms with Crippen LogP contribution in [-0.4, -0.2) is 24.3 Å². The minimum absolute atomic E-state index is 0.153. The third kappa shape index (κ3) is 5.76. The van der Waals surface area contributed by atoms with Crippen molar-refractivity contribution in [2.24, 2.45) is 5.92 Å². The molecule has 21 heavy (non-hydrogen) atoms. The number of Topliss-reactive ketones (excluding diaryl/α,β-unsaturated/α-hetero) is 1. The van der Waals surface area contributed by atoms with Crippen LogP contribution in [0.1, 0.15) is 44.5 Å². The minimum Gasteiger partial charge on any atom is -0.480 e. The molecule has 4 nitrogen and oxygen atoms in total. The Kier molecular flexibility index (Phi) is 6.69. The minimum atomic E-state index is -0.670. The normalized spacial score (nSPS) is 12.1. The number of ether oxygens (including phenoxy) is 1. The summed E-state index contributed by atoms with van der Waals surface area (Å²) < 4.78 is 5.59. The summed E-state index contributed by atoms with van der Waals surface area (Å²) in [5.41, 5.74) is 0.379. The number of ketones is 1. The Morgan fingerprint density at radius 1 is 1.29 bits per heavy atom. The molecule has 0 fully saturated rings. The van der Waals surface area contributed by atoms with Gasteiger partial charge in [-0.3, -0.25) is 9.59 Å². The Balaban J connectivity index is 2.68. The van der Waals surface area contributed by atoms with Crippen molar-refractivity contribution in [2.75, 3.05) is 6.54 Å².